The number of aryl methyl sites for hydroxylation is 2. The maximum Gasteiger partial charge on any atom is 0.157 e. The molecule has 2 aromatic heterocycles. The van der Waals surface area contributed by atoms with Crippen LogP contribution in [0.1, 0.15) is 18.3 Å². The molecule has 0 unspecified atom stereocenters. The molecule has 0 spiro atoms. The highest BCUT2D eigenvalue weighted by Gasteiger charge is 2.30. The maximum atomic E-state index is 5.85. The summed E-state index contributed by atoms with van der Waals surface area (Å²) in [6.45, 7) is 6.63. The molecule has 114 valence electrons. The minimum absolute atomic E-state index is 0.0240. The molecule has 0 aliphatic carbocycles. The summed E-state index contributed by atoms with van der Waals surface area (Å²) >= 11 is 0. The Hall–Kier alpha value is -1.93. The Morgan fingerprint density at radius 2 is 2.38 bits per heavy atom. The summed E-state index contributed by atoms with van der Waals surface area (Å²) in [5.41, 5.74) is 1.92. The van der Waals surface area contributed by atoms with Crippen LogP contribution in [0.2, 0.25) is 0 Å². The molecule has 3 rings (SSSR count). The van der Waals surface area contributed by atoms with Crippen LogP contribution in [-0.4, -0.2) is 50.6 Å². The summed E-state index contributed by atoms with van der Waals surface area (Å²) in [6.07, 6.45) is 3.36. The lowest BCUT2D eigenvalue weighted by molar-refractivity contribution is 0.139. The van der Waals surface area contributed by atoms with Gasteiger partial charge in [-0.05, 0) is 13.8 Å². The monoisotopic (exact) mass is 292 g/mol. The second kappa shape index (κ2) is 6.23. The molecule has 0 bridgehead atoms. The average Bonchev–Trinajstić information content (AvgIpc) is 3.19. The van der Waals surface area contributed by atoms with E-state index < -0.39 is 0 Å². The third-order valence-electron chi connectivity index (χ3n) is 3.52. The predicted molar refractivity (Wildman–Crippen MR) is 74.9 cm³/mol. The fourth-order valence-electron chi connectivity index (χ4n) is 2.32. The topological polar surface area (TPSA) is 89.9 Å². The predicted octanol–water partition coefficient (Wildman–Crippen LogP) is 0.266. The summed E-state index contributed by atoms with van der Waals surface area (Å²) in [5.74, 6) is 0.727. The second-order valence-electron chi connectivity index (χ2n) is 5.04. The minimum atomic E-state index is -0.0240. The van der Waals surface area contributed by atoms with Crippen molar-refractivity contribution in [1.82, 2.24) is 30.5 Å². The van der Waals surface area contributed by atoms with Crippen LogP contribution < -0.4 is 10.1 Å². The van der Waals surface area contributed by atoms with Gasteiger partial charge in [-0.2, -0.15) is 20.1 Å². The van der Waals surface area contributed by atoms with Crippen LogP contribution in [-0.2, 0) is 17.8 Å². The van der Waals surface area contributed by atoms with Gasteiger partial charge in [-0.1, -0.05) is 0 Å². The normalized spacial score (nSPS) is 21.8. The first kappa shape index (κ1) is 14.0. The van der Waals surface area contributed by atoms with Crippen LogP contribution in [0.4, 0.5) is 0 Å². The van der Waals surface area contributed by atoms with E-state index in [0.717, 1.165) is 23.7 Å². The third kappa shape index (κ3) is 3.22. The number of nitrogens with zero attached hydrogens (tertiary/aromatic N) is 4. The van der Waals surface area contributed by atoms with E-state index in [1.165, 1.54) is 0 Å². The number of rotatable bonds is 6. The van der Waals surface area contributed by atoms with E-state index in [-0.39, 0.29) is 12.1 Å². The molecule has 0 amide bonds. The first-order chi connectivity index (χ1) is 10.3. The lowest BCUT2D eigenvalue weighted by Gasteiger charge is -2.19. The van der Waals surface area contributed by atoms with Crippen molar-refractivity contribution in [2.45, 2.75) is 39.1 Å². The standard InChI is InChI=1S/C13H20N6O2/c1-3-19-17-9(2)11(18-19)6-14-12-7-20-8-13(12)21-10-4-15-16-5-10/h4-5,12-14H,3,6-8H2,1-2H3,(H,15,16)/t12-,13+/m0/s1. The van der Waals surface area contributed by atoms with E-state index in [0.29, 0.717) is 19.8 Å². The fourth-order valence-corrected chi connectivity index (χ4v) is 2.32. The molecule has 0 radical (unpaired) electrons. The van der Waals surface area contributed by atoms with Crippen molar-refractivity contribution in [1.29, 1.82) is 0 Å². The zero-order valence-electron chi connectivity index (χ0n) is 12.2. The number of H-pyrrole nitrogens is 1. The molecule has 3 heterocycles. The first-order valence-electron chi connectivity index (χ1n) is 7.13. The highest BCUT2D eigenvalue weighted by Crippen LogP contribution is 2.16. The van der Waals surface area contributed by atoms with Gasteiger partial charge in [0.25, 0.3) is 0 Å². The van der Waals surface area contributed by atoms with Gasteiger partial charge < -0.3 is 14.8 Å². The van der Waals surface area contributed by atoms with Crippen LogP contribution in [0.15, 0.2) is 12.4 Å². The Morgan fingerprint density at radius 3 is 3.10 bits per heavy atom. The molecule has 2 aromatic rings. The second-order valence-corrected chi connectivity index (χ2v) is 5.04. The van der Waals surface area contributed by atoms with Crippen molar-refractivity contribution in [3.05, 3.63) is 23.8 Å². The fraction of sp³-hybridized carbons (Fsp3) is 0.615. The van der Waals surface area contributed by atoms with Gasteiger partial charge in [-0.25, -0.2) is 0 Å². The van der Waals surface area contributed by atoms with Gasteiger partial charge in [0.2, 0.25) is 0 Å². The van der Waals surface area contributed by atoms with Crippen molar-refractivity contribution in [2.75, 3.05) is 13.2 Å². The van der Waals surface area contributed by atoms with Crippen molar-refractivity contribution in [3.8, 4) is 5.75 Å². The van der Waals surface area contributed by atoms with Crippen LogP contribution in [0.3, 0.4) is 0 Å². The van der Waals surface area contributed by atoms with Crippen molar-refractivity contribution in [2.24, 2.45) is 0 Å². The van der Waals surface area contributed by atoms with Crippen molar-refractivity contribution >= 4 is 0 Å². The van der Waals surface area contributed by atoms with Crippen molar-refractivity contribution in [3.63, 3.8) is 0 Å². The van der Waals surface area contributed by atoms with Gasteiger partial charge in [0.15, 0.2) is 5.75 Å². The lowest BCUT2D eigenvalue weighted by Crippen LogP contribution is -2.41. The van der Waals surface area contributed by atoms with E-state index in [1.54, 1.807) is 17.2 Å². The molecule has 0 aromatic carbocycles. The smallest absolute Gasteiger partial charge is 0.157 e. The number of aromatic nitrogens is 5. The first-order valence-corrected chi connectivity index (χ1v) is 7.13. The Labute approximate surface area is 122 Å². The van der Waals surface area contributed by atoms with E-state index in [9.17, 15) is 0 Å². The van der Waals surface area contributed by atoms with E-state index in [4.69, 9.17) is 9.47 Å². The highest BCUT2D eigenvalue weighted by atomic mass is 16.5. The zero-order chi connectivity index (χ0) is 14.7. The SMILES string of the molecule is CCn1nc(C)c(CN[C@H]2COC[C@H]2Oc2cn[nH]c2)n1. The Bertz CT molecular complexity index is 567. The number of hydrogen-bond acceptors (Lipinski definition) is 6. The van der Waals surface area contributed by atoms with Gasteiger partial charge in [0.05, 0.1) is 49.6 Å². The number of hydrogen-bond donors (Lipinski definition) is 2. The summed E-state index contributed by atoms with van der Waals surface area (Å²) in [6, 6.07) is 0.131. The summed E-state index contributed by atoms with van der Waals surface area (Å²) < 4.78 is 11.4. The molecular weight excluding hydrogens is 272 g/mol. The summed E-state index contributed by atoms with van der Waals surface area (Å²) in [4.78, 5) is 1.71. The Kier molecular flexibility index (Phi) is 4.16. The van der Waals surface area contributed by atoms with Crippen LogP contribution >= 0.6 is 0 Å². The number of aromatic amines is 1. The maximum absolute atomic E-state index is 5.85. The van der Waals surface area contributed by atoms with E-state index in [2.05, 4.69) is 25.7 Å². The van der Waals surface area contributed by atoms with Gasteiger partial charge in [0.1, 0.15) is 6.10 Å². The molecule has 2 atom stereocenters. The molecule has 1 aliphatic heterocycles. The Morgan fingerprint density at radius 1 is 1.48 bits per heavy atom. The summed E-state index contributed by atoms with van der Waals surface area (Å²) in [5, 5.41) is 18.8. The molecule has 1 saturated heterocycles. The largest absolute Gasteiger partial charge is 0.483 e. The average molecular weight is 292 g/mol. The molecule has 8 nitrogen and oxygen atoms in total. The number of nitrogens with one attached hydrogen (secondary N) is 2. The molecule has 1 aliphatic rings. The van der Waals surface area contributed by atoms with Crippen LogP contribution in [0, 0.1) is 6.92 Å². The Balaban J connectivity index is 1.57. The van der Waals surface area contributed by atoms with Gasteiger partial charge in [0, 0.05) is 6.54 Å². The summed E-state index contributed by atoms with van der Waals surface area (Å²) in [7, 11) is 0. The molecular formula is C13H20N6O2. The highest BCUT2D eigenvalue weighted by molar-refractivity contribution is 5.12. The van der Waals surface area contributed by atoms with Gasteiger partial charge >= 0.3 is 0 Å². The molecule has 0 saturated carbocycles. The van der Waals surface area contributed by atoms with Crippen LogP contribution in [0.25, 0.3) is 0 Å². The number of ether oxygens (including phenoxy) is 2. The molecule has 2 N–H and O–H groups in total. The van der Waals surface area contributed by atoms with E-state index >= 15 is 0 Å². The molecule has 1 fully saturated rings. The zero-order valence-corrected chi connectivity index (χ0v) is 12.2. The molecule has 21 heavy (non-hydrogen) atoms. The van der Waals surface area contributed by atoms with Crippen molar-refractivity contribution < 1.29 is 9.47 Å². The quantitative estimate of drug-likeness (QED) is 0.794. The minimum Gasteiger partial charge on any atom is -0.483 e. The van der Waals surface area contributed by atoms with Crippen LogP contribution in [0.5, 0.6) is 5.75 Å². The van der Waals surface area contributed by atoms with Gasteiger partial charge in [-0.3, -0.25) is 5.10 Å². The van der Waals surface area contributed by atoms with E-state index in [1.807, 2.05) is 13.8 Å². The van der Waals surface area contributed by atoms with Gasteiger partial charge in [-0.15, -0.1) is 0 Å². The lowest BCUT2D eigenvalue weighted by atomic mass is 10.2. The molecule has 8 heteroatoms. The third-order valence-corrected chi connectivity index (χ3v) is 3.52.